The first kappa shape index (κ1) is 24.8. The van der Waals surface area contributed by atoms with Gasteiger partial charge < -0.3 is 20.1 Å². The lowest BCUT2D eigenvalue weighted by atomic mass is 9.72. The Bertz CT molecular complexity index is 971. The highest BCUT2D eigenvalue weighted by Crippen LogP contribution is 2.44. The molecule has 186 valence electrons. The summed E-state index contributed by atoms with van der Waals surface area (Å²) in [5, 5.41) is 7.11. The SMILES string of the molecule is CC(C)(C)CC(C)(C)c1ccc2c(c1)N[C@@H]([C@@H]1Nc3cc(C(C)(C)CC(C)(C)C)ccc3O1)O2. The fraction of sp³-hybridized carbons (Fsp3) is 0.600. The van der Waals surface area contributed by atoms with Gasteiger partial charge in [0.05, 0.1) is 11.4 Å². The summed E-state index contributed by atoms with van der Waals surface area (Å²) < 4.78 is 12.5. The molecule has 0 aliphatic carbocycles. The fourth-order valence-corrected chi connectivity index (χ4v) is 6.10. The summed E-state index contributed by atoms with van der Waals surface area (Å²) in [7, 11) is 0. The van der Waals surface area contributed by atoms with E-state index in [1.165, 1.54) is 11.1 Å². The monoisotopic (exact) mass is 464 g/mol. The molecule has 2 atom stereocenters. The highest BCUT2D eigenvalue weighted by molar-refractivity contribution is 5.66. The summed E-state index contributed by atoms with van der Waals surface area (Å²) in [5.74, 6) is 1.77. The van der Waals surface area contributed by atoms with Crippen molar-refractivity contribution in [3.05, 3.63) is 47.5 Å². The third-order valence-electron chi connectivity index (χ3n) is 6.84. The van der Waals surface area contributed by atoms with Gasteiger partial charge in [-0.3, -0.25) is 0 Å². The molecule has 2 aromatic rings. The Morgan fingerprint density at radius 3 is 1.26 bits per heavy atom. The van der Waals surface area contributed by atoms with Crippen LogP contribution in [-0.2, 0) is 10.8 Å². The minimum atomic E-state index is -0.283. The highest BCUT2D eigenvalue weighted by Gasteiger charge is 2.38. The lowest BCUT2D eigenvalue weighted by molar-refractivity contribution is 0.113. The molecule has 2 aromatic carbocycles. The second kappa shape index (κ2) is 8.10. The van der Waals surface area contributed by atoms with Gasteiger partial charge in [0.25, 0.3) is 0 Å². The first-order valence-corrected chi connectivity index (χ1v) is 12.7. The Kier molecular flexibility index (Phi) is 5.90. The maximum absolute atomic E-state index is 6.26. The summed E-state index contributed by atoms with van der Waals surface area (Å²) in [6, 6.07) is 13.1. The molecular weight excluding hydrogens is 420 g/mol. The maximum Gasteiger partial charge on any atom is 0.226 e. The third-order valence-corrected chi connectivity index (χ3v) is 6.84. The highest BCUT2D eigenvalue weighted by atomic mass is 16.6. The zero-order chi connectivity index (χ0) is 25.1. The molecule has 4 heteroatoms. The van der Waals surface area contributed by atoms with Gasteiger partial charge in [-0.25, -0.2) is 0 Å². The Morgan fingerprint density at radius 1 is 0.588 bits per heavy atom. The number of ether oxygens (including phenoxy) is 2. The normalized spacial score (nSPS) is 20.1. The summed E-state index contributed by atoms with van der Waals surface area (Å²) in [4.78, 5) is 0. The number of anilines is 2. The standard InChI is InChI=1S/C30H44N2O2/c1-27(2,3)17-29(7,8)19-11-13-23-21(15-19)31-25(33-23)26-32-22-16-20(12-14-24(22)34-26)30(9,10)18-28(4,5)6/h11-16,25-26,31-32H,17-18H2,1-10H3/t25-,26-/m1/s1. The molecule has 4 nitrogen and oxygen atoms in total. The summed E-state index contributed by atoms with van der Waals surface area (Å²) >= 11 is 0. The number of hydrogen-bond acceptors (Lipinski definition) is 4. The van der Waals surface area contributed by atoms with Crippen LogP contribution >= 0.6 is 0 Å². The van der Waals surface area contributed by atoms with Gasteiger partial charge in [0, 0.05) is 0 Å². The van der Waals surface area contributed by atoms with E-state index in [0.29, 0.717) is 0 Å². The van der Waals surface area contributed by atoms with Crippen LogP contribution in [0.5, 0.6) is 11.5 Å². The van der Waals surface area contributed by atoms with Gasteiger partial charge in [0.15, 0.2) is 0 Å². The van der Waals surface area contributed by atoms with Crippen molar-refractivity contribution in [3.63, 3.8) is 0 Å². The van der Waals surface area contributed by atoms with Crippen LogP contribution in [0.2, 0.25) is 0 Å². The van der Waals surface area contributed by atoms with Crippen molar-refractivity contribution in [1.29, 1.82) is 0 Å². The molecule has 0 saturated carbocycles. The average molecular weight is 465 g/mol. The molecule has 0 spiro atoms. The number of nitrogens with one attached hydrogen (secondary N) is 2. The topological polar surface area (TPSA) is 42.5 Å². The van der Waals surface area contributed by atoms with Gasteiger partial charge in [-0.1, -0.05) is 81.4 Å². The quantitative estimate of drug-likeness (QED) is 0.469. The molecular formula is C30H44N2O2. The van der Waals surface area contributed by atoms with Gasteiger partial charge >= 0.3 is 0 Å². The van der Waals surface area contributed by atoms with Gasteiger partial charge in [0.1, 0.15) is 11.5 Å². The van der Waals surface area contributed by atoms with Crippen molar-refractivity contribution < 1.29 is 9.47 Å². The van der Waals surface area contributed by atoms with Gasteiger partial charge in [-0.2, -0.15) is 0 Å². The van der Waals surface area contributed by atoms with Crippen molar-refractivity contribution in [2.24, 2.45) is 10.8 Å². The van der Waals surface area contributed by atoms with Crippen LogP contribution in [-0.4, -0.2) is 12.5 Å². The van der Waals surface area contributed by atoms with E-state index in [1.54, 1.807) is 0 Å². The van der Waals surface area contributed by atoms with Crippen LogP contribution in [0.15, 0.2) is 36.4 Å². The van der Waals surface area contributed by atoms with Crippen LogP contribution < -0.4 is 20.1 Å². The first-order chi connectivity index (χ1) is 15.5. The summed E-state index contributed by atoms with van der Waals surface area (Å²) in [6.45, 7) is 23.1. The number of benzene rings is 2. The molecule has 34 heavy (non-hydrogen) atoms. The van der Waals surface area contributed by atoms with Crippen LogP contribution in [0.4, 0.5) is 11.4 Å². The molecule has 2 aliphatic rings. The van der Waals surface area contributed by atoms with Crippen molar-refractivity contribution in [1.82, 2.24) is 0 Å². The number of rotatable bonds is 5. The first-order valence-electron chi connectivity index (χ1n) is 12.7. The minimum Gasteiger partial charge on any atom is -0.462 e. The van der Waals surface area contributed by atoms with Crippen LogP contribution in [0, 0.1) is 10.8 Å². The Morgan fingerprint density at radius 2 is 0.941 bits per heavy atom. The Hall–Kier alpha value is -2.36. The van der Waals surface area contributed by atoms with E-state index in [-0.39, 0.29) is 34.1 Å². The molecule has 0 amide bonds. The largest absolute Gasteiger partial charge is 0.462 e. The van der Waals surface area contributed by atoms with Crippen LogP contribution in [0.3, 0.4) is 0 Å². The molecule has 0 aromatic heterocycles. The van der Waals surface area contributed by atoms with E-state index in [1.807, 2.05) is 0 Å². The molecule has 2 heterocycles. The van der Waals surface area contributed by atoms with E-state index < -0.39 is 0 Å². The molecule has 0 unspecified atom stereocenters. The van der Waals surface area contributed by atoms with Gasteiger partial charge in [-0.05, 0) is 69.9 Å². The van der Waals surface area contributed by atoms with Crippen molar-refractivity contribution in [2.75, 3.05) is 10.6 Å². The van der Waals surface area contributed by atoms with E-state index >= 15 is 0 Å². The Labute approximate surface area is 206 Å². The van der Waals surface area contributed by atoms with E-state index in [9.17, 15) is 0 Å². The molecule has 2 N–H and O–H groups in total. The van der Waals surface area contributed by atoms with Crippen molar-refractivity contribution >= 4 is 11.4 Å². The van der Waals surface area contributed by atoms with Gasteiger partial charge in [-0.15, -0.1) is 0 Å². The minimum absolute atomic E-state index is 0.0850. The zero-order valence-electron chi connectivity index (χ0n) is 22.8. The van der Waals surface area contributed by atoms with Crippen LogP contribution in [0.1, 0.15) is 93.2 Å². The van der Waals surface area contributed by atoms with E-state index in [0.717, 1.165) is 35.7 Å². The molecule has 0 bridgehead atoms. The number of fused-ring (bicyclic) bond motifs is 2. The second-order valence-electron chi connectivity index (χ2n) is 14.0. The third kappa shape index (κ3) is 5.31. The summed E-state index contributed by atoms with van der Waals surface area (Å²) in [5.41, 5.74) is 5.43. The van der Waals surface area contributed by atoms with Crippen molar-refractivity contribution in [3.8, 4) is 11.5 Å². The Balaban J connectivity index is 1.47. The molecule has 2 aliphatic heterocycles. The van der Waals surface area contributed by atoms with Crippen LogP contribution in [0.25, 0.3) is 0 Å². The zero-order valence-corrected chi connectivity index (χ0v) is 22.8. The molecule has 0 fully saturated rings. The van der Waals surface area contributed by atoms with E-state index in [4.69, 9.17) is 9.47 Å². The maximum atomic E-state index is 6.26. The lowest BCUT2D eigenvalue weighted by Crippen LogP contribution is -2.41. The predicted molar refractivity (Wildman–Crippen MR) is 143 cm³/mol. The molecule has 0 radical (unpaired) electrons. The van der Waals surface area contributed by atoms with Crippen molar-refractivity contribution in [2.45, 2.75) is 105 Å². The lowest BCUT2D eigenvalue weighted by Gasteiger charge is -2.33. The smallest absolute Gasteiger partial charge is 0.226 e. The molecule has 0 saturated heterocycles. The second-order valence-corrected chi connectivity index (χ2v) is 14.0. The van der Waals surface area contributed by atoms with E-state index in [2.05, 4.69) is 116 Å². The van der Waals surface area contributed by atoms with Gasteiger partial charge in [0.2, 0.25) is 12.5 Å². The molecule has 4 rings (SSSR count). The summed E-state index contributed by atoms with van der Waals surface area (Å²) in [6.07, 6.45) is 1.66. The predicted octanol–water partition coefficient (Wildman–Crippen LogP) is 8.08. The number of hydrogen-bond donors (Lipinski definition) is 2. The fourth-order valence-electron chi connectivity index (χ4n) is 6.10. The average Bonchev–Trinajstić information content (AvgIpc) is 3.26.